The summed E-state index contributed by atoms with van der Waals surface area (Å²) >= 11 is 0. The summed E-state index contributed by atoms with van der Waals surface area (Å²) in [4.78, 5) is 31.5. The molecule has 0 saturated carbocycles. The van der Waals surface area contributed by atoms with Crippen LogP contribution in [0.4, 0.5) is 0 Å². The predicted molar refractivity (Wildman–Crippen MR) is 97.1 cm³/mol. The fraction of sp³-hybridized carbons (Fsp3) is 0.105. The van der Waals surface area contributed by atoms with E-state index in [0.717, 1.165) is 16.5 Å². The average molecular weight is 333 g/mol. The van der Waals surface area contributed by atoms with Gasteiger partial charge in [-0.25, -0.2) is 9.78 Å². The lowest BCUT2D eigenvalue weighted by molar-refractivity contribution is 0.415. The fourth-order valence-corrected chi connectivity index (χ4v) is 3.06. The van der Waals surface area contributed by atoms with Crippen LogP contribution in [0.2, 0.25) is 0 Å². The zero-order chi connectivity index (χ0) is 17.6. The molecule has 6 heteroatoms. The molecule has 0 radical (unpaired) electrons. The van der Waals surface area contributed by atoms with Gasteiger partial charge in [0.1, 0.15) is 5.75 Å². The third-order valence-corrected chi connectivity index (χ3v) is 4.31. The first-order chi connectivity index (χ1) is 12.1. The second-order valence-electron chi connectivity index (χ2n) is 5.75. The number of rotatable bonds is 2. The minimum absolute atomic E-state index is 0.352. The number of aromatic amines is 1. The molecule has 2 aromatic carbocycles. The minimum Gasteiger partial charge on any atom is -0.497 e. The summed E-state index contributed by atoms with van der Waals surface area (Å²) in [5, 5.41) is 1.18. The van der Waals surface area contributed by atoms with Crippen molar-refractivity contribution in [2.24, 2.45) is 7.05 Å². The third-order valence-electron chi connectivity index (χ3n) is 4.31. The summed E-state index contributed by atoms with van der Waals surface area (Å²) in [7, 11) is 3.19. The Balaban J connectivity index is 2.32. The highest BCUT2D eigenvalue weighted by atomic mass is 16.5. The molecule has 4 rings (SSSR count). The second-order valence-corrected chi connectivity index (χ2v) is 5.75. The van der Waals surface area contributed by atoms with E-state index in [4.69, 9.17) is 4.74 Å². The molecule has 1 N–H and O–H groups in total. The van der Waals surface area contributed by atoms with Crippen molar-refractivity contribution in [2.75, 3.05) is 7.11 Å². The van der Waals surface area contributed by atoms with Crippen molar-refractivity contribution in [2.45, 2.75) is 0 Å². The summed E-state index contributed by atoms with van der Waals surface area (Å²) in [6.07, 6.45) is 0. The molecule has 0 amide bonds. The van der Waals surface area contributed by atoms with Crippen molar-refractivity contribution in [3.8, 4) is 16.9 Å². The molecule has 0 bridgehead atoms. The number of hydrogen-bond acceptors (Lipinski definition) is 4. The number of H-pyrrole nitrogens is 1. The highest BCUT2D eigenvalue weighted by molar-refractivity contribution is 6.08. The number of nitrogens with zero attached hydrogens (tertiary/aromatic N) is 2. The molecule has 0 atom stereocenters. The van der Waals surface area contributed by atoms with Crippen molar-refractivity contribution in [1.82, 2.24) is 14.5 Å². The monoisotopic (exact) mass is 333 g/mol. The van der Waals surface area contributed by atoms with Gasteiger partial charge in [0.05, 0.1) is 18.0 Å². The van der Waals surface area contributed by atoms with Crippen LogP contribution in [-0.2, 0) is 7.05 Å². The molecule has 0 aliphatic rings. The molecule has 0 spiro atoms. The van der Waals surface area contributed by atoms with Gasteiger partial charge in [-0.15, -0.1) is 0 Å². The lowest BCUT2D eigenvalue weighted by Gasteiger charge is -2.13. The predicted octanol–water partition coefficient (Wildman–Crippen LogP) is 2.45. The number of methoxy groups -OCH3 is 1. The maximum absolute atomic E-state index is 12.6. The van der Waals surface area contributed by atoms with Gasteiger partial charge in [0.15, 0.2) is 5.65 Å². The molecular weight excluding hydrogens is 318 g/mol. The Morgan fingerprint density at radius 3 is 2.56 bits per heavy atom. The van der Waals surface area contributed by atoms with Gasteiger partial charge in [0.25, 0.3) is 5.56 Å². The molecular formula is C19H15N3O3. The fourth-order valence-electron chi connectivity index (χ4n) is 3.06. The Morgan fingerprint density at radius 1 is 1.08 bits per heavy atom. The van der Waals surface area contributed by atoms with Crippen molar-refractivity contribution in [3.63, 3.8) is 0 Å². The molecule has 2 aromatic heterocycles. The summed E-state index contributed by atoms with van der Waals surface area (Å²) in [6, 6.07) is 15.1. The normalized spacial score (nSPS) is 11.1. The first-order valence-electron chi connectivity index (χ1n) is 7.76. The average Bonchev–Trinajstić information content (AvgIpc) is 2.64. The van der Waals surface area contributed by atoms with Gasteiger partial charge in [-0.1, -0.05) is 30.3 Å². The van der Waals surface area contributed by atoms with Crippen molar-refractivity contribution >= 4 is 21.9 Å². The number of aromatic nitrogens is 3. The summed E-state index contributed by atoms with van der Waals surface area (Å²) < 4.78 is 6.68. The maximum Gasteiger partial charge on any atom is 0.329 e. The van der Waals surface area contributed by atoms with Crippen LogP contribution < -0.4 is 16.0 Å². The van der Waals surface area contributed by atoms with E-state index >= 15 is 0 Å². The first-order valence-corrected chi connectivity index (χ1v) is 7.76. The molecule has 2 heterocycles. The Bertz CT molecular complexity index is 1220. The number of ether oxygens (including phenoxy) is 1. The standard InChI is InChI=1S/C19H15N3O3/c1-22-17-16(18(23)21-19(22)24)15(11-6-4-3-5-7-11)13-10-12(25-2)8-9-14(13)20-17/h3-10H,1-2H3,(H,21,23,24). The zero-order valence-corrected chi connectivity index (χ0v) is 13.7. The Hall–Kier alpha value is -3.41. The van der Waals surface area contributed by atoms with Crippen LogP contribution in [0.15, 0.2) is 58.1 Å². The zero-order valence-electron chi connectivity index (χ0n) is 13.7. The molecule has 0 fully saturated rings. The molecule has 0 aliphatic carbocycles. The van der Waals surface area contributed by atoms with Crippen molar-refractivity contribution < 1.29 is 4.74 Å². The number of fused-ring (bicyclic) bond motifs is 2. The van der Waals surface area contributed by atoms with E-state index in [2.05, 4.69) is 9.97 Å². The largest absolute Gasteiger partial charge is 0.497 e. The molecule has 4 aromatic rings. The number of pyridine rings is 1. The van der Waals surface area contributed by atoms with Gasteiger partial charge in [-0.3, -0.25) is 14.3 Å². The highest BCUT2D eigenvalue weighted by Gasteiger charge is 2.17. The van der Waals surface area contributed by atoms with Gasteiger partial charge in [0.2, 0.25) is 0 Å². The Labute approximate surface area is 142 Å². The van der Waals surface area contributed by atoms with Crippen LogP contribution in [-0.4, -0.2) is 21.6 Å². The van der Waals surface area contributed by atoms with E-state index in [1.165, 1.54) is 4.57 Å². The quantitative estimate of drug-likeness (QED) is 0.572. The van der Waals surface area contributed by atoms with E-state index in [9.17, 15) is 9.59 Å². The number of hydrogen-bond donors (Lipinski definition) is 1. The smallest absolute Gasteiger partial charge is 0.329 e. The van der Waals surface area contributed by atoms with E-state index in [1.807, 2.05) is 42.5 Å². The van der Waals surface area contributed by atoms with Gasteiger partial charge in [0, 0.05) is 18.0 Å². The van der Waals surface area contributed by atoms with E-state index in [1.54, 1.807) is 20.2 Å². The number of aryl methyl sites for hydroxylation is 1. The van der Waals surface area contributed by atoms with Gasteiger partial charge >= 0.3 is 5.69 Å². The molecule has 0 saturated heterocycles. The first kappa shape index (κ1) is 15.1. The van der Waals surface area contributed by atoms with Crippen LogP contribution in [0.25, 0.3) is 33.1 Å². The lowest BCUT2D eigenvalue weighted by Crippen LogP contribution is -2.29. The Kier molecular flexibility index (Phi) is 3.39. The van der Waals surface area contributed by atoms with Crippen LogP contribution in [0.5, 0.6) is 5.75 Å². The Morgan fingerprint density at radius 2 is 1.84 bits per heavy atom. The van der Waals surface area contributed by atoms with Crippen LogP contribution >= 0.6 is 0 Å². The van der Waals surface area contributed by atoms with Crippen LogP contribution in [0, 0.1) is 0 Å². The lowest BCUT2D eigenvalue weighted by atomic mass is 9.98. The topological polar surface area (TPSA) is 77.0 Å². The van der Waals surface area contributed by atoms with E-state index < -0.39 is 11.2 Å². The van der Waals surface area contributed by atoms with Crippen molar-refractivity contribution in [1.29, 1.82) is 0 Å². The second kappa shape index (κ2) is 5.59. The van der Waals surface area contributed by atoms with Gasteiger partial charge < -0.3 is 4.74 Å². The number of benzene rings is 2. The summed E-state index contributed by atoms with van der Waals surface area (Å²) in [6.45, 7) is 0. The summed E-state index contributed by atoms with van der Waals surface area (Å²) in [5.74, 6) is 0.673. The molecule has 6 nitrogen and oxygen atoms in total. The summed E-state index contributed by atoms with van der Waals surface area (Å²) in [5.41, 5.74) is 1.71. The maximum atomic E-state index is 12.6. The SMILES string of the molecule is COc1ccc2nc3c(c(-c4ccccc4)c2c1)c(=O)[nH]c(=O)n3C. The molecule has 124 valence electrons. The minimum atomic E-state index is -0.489. The molecule has 25 heavy (non-hydrogen) atoms. The van der Waals surface area contributed by atoms with Crippen LogP contribution in [0.1, 0.15) is 0 Å². The van der Waals surface area contributed by atoms with E-state index in [0.29, 0.717) is 22.3 Å². The van der Waals surface area contributed by atoms with Gasteiger partial charge in [-0.05, 0) is 23.8 Å². The number of nitrogens with one attached hydrogen (secondary N) is 1. The third kappa shape index (κ3) is 2.30. The van der Waals surface area contributed by atoms with E-state index in [-0.39, 0.29) is 0 Å². The van der Waals surface area contributed by atoms with Crippen LogP contribution in [0.3, 0.4) is 0 Å². The highest BCUT2D eigenvalue weighted by Crippen LogP contribution is 2.34. The van der Waals surface area contributed by atoms with Crippen molar-refractivity contribution in [3.05, 3.63) is 69.4 Å². The van der Waals surface area contributed by atoms with Gasteiger partial charge in [-0.2, -0.15) is 0 Å². The molecule has 0 unspecified atom stereocenters. The molecule has 0 aliphatic heterocycles.